The van der Waals surface area contributed by atoms with Gasteiger partial charge in [0.25, 0.3) is 0 Å². The zero-order chi connectivity index (χ0) is 21.2. The minimum absolute atomic E-state index is 0.0412. The Hall–Kier alpha value is -3.54. The third kappa shape index (κ3) is 3.93. The van der Waals surface area contributed by atoms with Gasteiger partial charge in [-0.1, -0.05) is 35.5 Å². The van der Waals surface area contributed by atoms with E-state index < -0.39 is 0 Å². The summed E-state index contributed by atoms with van der Waals surface area (Å²) in [4.78, 5) is 4.29. The summed E-state index contributed by atoms with van der Waals surface area (Å²) in [5.74, 6) is 0.814. The molecule has 5 rings (SSSR count). The van der Waals surface area contributed by atoms with Gasteiger partial charge in [-0.2, -0.15) is 0 Å². The lowest BCUT2D eigenvalue weighted by atomic mass is 9.86. The summed E-state index contributed by atoms with van der Waals surface area (Å²) < 4.78 is 38.2. The Morgan fingerprint density at radius 3 is 2.23 bits per heavy atom. The molecule has 0 saturated heterocycles. The third-order valence-corrected chi connectivity index (χ3v) is 5.65. The summed E-state index contributed by atoms with van der Waals surface area (Å²) in [5.41, 5.74) is 3.74. The number of ether oxygens (including phenoxy) is 1. The van der Waals surface area contributed by atoms with Gasteiger partial charge in [0, 0.05) is 12.1 Å². The van der Waals surface area contributed by atoms with Crippen molar-refractivity contribution in [2.45, 2.75) is 25.2 Å². The van der Waals surface area contributed by atoms with Crippen LogP contribution in [-0.2, 0) is 6.42 Å². The summed E-state index contributed by atoms with van der Waals surface area (Å²) in [6.45, 7) is 0.385. The fourth-order valence-corrected chi connectivity index (χ4v) is 4.14. The van der Waals surface area contributed by atoms with E-state index in [1.54, 1.807) is 30.5 Å². The fraction of sp³-hybridized carbons (Fsp3) is 0.200. The molecule has 4 aromatic rings. The zero-order valence-corrected chi connectivity index (χ0v) is 16.7. The maximum absolute atomic E-state index is 13.4. The van der Waals surface area contributed by atoms with Crippen molar-refractivity contribution < 1.29 is 18.0 Å². The molecule has 0 atom stereocenters. The minimum Gasteiger partial charge on any atom is -0.487 e. The third-order valence-electron chi connectivity index (χ3n) is 5.65. The van der Waals surface area contributed by atoms with Crippen LogP contribution in [0.25, 0.3) is 11.0 Å². The average molecular weight is 418 g/mol. The van der Waals surface area contributed by atoms with Crippen molar-refractivity contribution in [3.8, 4) is 5.75 Å². The summed E-state index contributed by atoms with van der Waals surface area (Å²) in [5, 5.41) is 4.82. The van der Waals surface area contributed by atoms with E-state index in [1.807, 2.05) is 12.1 Å². The van der Waals surface area contributed by atoms with Crippen molar-refractivity contribution in [2.24, 2.45) is 4.99 Å². The van der Waals surface area contributed by atoms with Crippen LogP contribution in [-0.4, -0.2) is 18.0 Å². The molecule has 0 saturated carbocycles. The van der Waals surface area contributed by atoms with Crippen LogP contribution in [0.3, 0.4) is 0 Å². The number of benzene rings is 3. The second-order valence-corrected chi connectivity index (χ2v) is 7.60. The Labute approximate surface area is 178 Å². The second kappa shape index (κ2) is 8.30. The molecule has 1 aromatic heterocycles. The van der Waals surface area contributed by atoms with Crippen LogP contribution in [0.4, 0.5) is 14.6 Å². The van der Waals surface area contributed by atoms with Gasteiger partial charge in [0.1, 0.15) is 29.4 Å². The SMILES string of the molecule is Fc1ccc(C(CCCc2ccc3onc4c3c2OCC=N4)c2ccc(F)cc2)cc1. The first-order valence-corrected chi connectivity index (χ1v) is 10.3. The van der Waals surface area contributed by atoms with Crippen molar-refractivity contribution in [2.75, 3.05) is 6.61 Å². The molecule has 0 unspecified atom stereocenters. The van der Waals surface area contributed by atoms with Gasteiger partial charge >= 0.3 is 0 Å². The molecule has 1 aliphatic rings. The number of nitrogens with zero attached hydrogens (tertiary/aromatic N) is 2. The lowest BCUT2D eigenvalue weighted by Gasteiger charge is -2.19. The van der Waals surface area contributed by atoms with Crippen molar-refractivity contribution in [3.05, 3.63) is 89.0 Å². The van der Waals surface area contributed by atoms with E-state index >= 15 is 0 Å². The first-order chi connectivity index (χ1) is 15.2. The molecule has 156 valence electrons. The number of hydrogen-bond acceptors (Lipinski definition) is 4. The molecule has 1 aliphatic heterocycles. The Bertz CT molecular complexity index is 1190. The molecule has 0 fully saturated rings. The van der Waals surface area contributed by atoms with E-state index in [0.29, 0.717) is 18.0 Å². The first-order valence-electron chi connectivity index (χ1n) is 10.3. The number of aryl methyl sites for hydroxylation is 1. The van der Waals surface area contributed by atoms with Crippen LogP contribution in [0.2, 0.25) is 0 Å². The monoisotopic (exact) mass is 418 g/mol. The molecule has 4 nitrogen and oxygen atoms in total. The molecule has 0 spiro atoms. The summed E-state index contributed by atoms with van der Waals surface area (Å²) in [6, 6.07) is 17.0. The number of hydrogen-bond donors (Lipinski definition) is 0. The summed E-state index contributed by atoms with van der Waals surface area (Å²) in [7, 11) is 0. The Morgan fingerprint density at radius 1 is 0.871 bits per heavy atom. The lowest BCUT2D eigenvalue weighted by Crippen LogP contribution is -2.04. The highest BCUT2D eigenvalue weighted by molar-refractivity contribution is 5.95. The summed E-state index contributed by atoms with van der Waals surface area (Å²) in [6.07, 6.45) is 4.15. The van der Waals surface area contributed by atoms with Crippen molar-refractivity contribution >= 4 is 23.0 Å². The normalized spacial score (nSPS) is 12.9. The molecule has 31 heavy (non-hydrogen) atoms. The minimum atomic E-state index is -0.269. The highest BCUT2D eigenvalue weighted by Gasteiger charge is 2.20. The van der Waals surface area contributed by atoms with Crippen molar-refractivity contribution in [1.29, 1.82) is 0 Å². The standard InChI is InChI=1S/C25H20F2N2O2/c26-19-9-4-16(5-10-19)21(17-6-11-20(27)12-7-17)3-1-2-18-8-13-22-23-24(18)30-15-14-28-25(23)29-31-22/h4-14,21H,1-3,15H2. The molecule has 0 radical (unpaired) electrons. The molecule has 0 bridgehead atoms. The number of halogens is 2. The Kier molecular flexibility index (Phi) is 5.20. The molecular weight excluding hydrogens is 398 g/mol. The molecule has 6 heteroatoms. The number of aliphatic imine (C=N–C) groups is 1. The van der Waals surface area contributed by atoms with E-state index in [-0.39, 0.29) is 17.6 Å². The summed E-state index contributed by atoms with van der Waals surface area (Å²) >= 11 is 0. The predicted molar refractivity (Wildman–Crippen MR) is 115 cm³/mol. The maximum Gasteiger partial charge on any atom is 0.206 e. The first kappa shape index (κ1) is 19.4. The van der Waals surface area contributed by atoms with Crippen molar-refractivity contribution in [3.63, 3.8) is 0 Å². The fourth-order valence-electron chi connectivity index (χ4n) is 4.14. The molecule has 3 aromatic carbocycles. The van der Waals surface area contributed by atoms with Gasteiger partial charge < -0.3 is 9.26 Å². The van der Waals surface area contributed by atoms with Gasteiger partial charge in [-0.05, 0) is 66.3 Å². The smallest absolute Gasteiger partial charge is 0.206 e. The number of aromatic nitrogens is 1. The largest absolute Gasteiger partial charge is 0.487 e. The van der Waals surface area contributed by atoms with E-state index in [1.165, 1.54) is 24.3 Å². The van der Waals surface area contributed by atoms with E-state index in [9.17, 15) is 8.78 Å². The topological polar surface area (TPSA) is 47.6 Å². The zero-order valence-electron chi connectivity index (χ0n) is 16.7. The maximum atomic E-state index is 13.4. The molecule has 0 amide bonds. The van der Waals surface area contributed by atoms with Crippen LogP contribution in [0.1, 0.15) is 35.4 Å². The van der Waals surface area contributed by atoms with Crippen LogP contribution in [0.15, 0.2) is 70.2 Å². The van der Waals surface area contributed by atoms with Gasteiger partial charge in [0.15, 0.2) is 5.58 Å². The quantitative estimate of drug-likeness (QED) is 0.366. The number of rotatable bonds is 6. The highest BCUT2D eigenvalue weighted by Crippen LogP contribution is 2.39. The van der Waals surface area contributed by atoms with E-state index in [0.717, 1.165) is 47.1 Å². The van der Waals surface area contributed by atoms with Gasteiger partial charge in [0.2, 0.25) is 5.82 Å². The van der Waals surface area contributed by atoms with Gasteiger partial charge in [0.05, 0.1) is 0 Å². The lowest BCUT2D eigenvalue weighted by molar-refractivity contribution is 0.380. The van der Waals surface area contributed by atoms with Crippen LogP contribution in [0.5, 0.6) is 5.75 Å². The van der Waals surface area contributed by atoms with E-state index in [4.69, 9.17) is 9.26 Å². The van der Waals surface area contributed by atoms with E-state index in [2.05, 4.69) is 10.1 Å². The second-order valence-electron chi connectivity index (χ2n) is 7.60. The van der Waals surface area contributed by atoms with Crippen LogP contribution < -0.4 is 4.74 Å². The van der Waals surface area contributed by atoms with Crippen molar-refractivity contribution in [1.82, 2.24) is 5.16 Å². The van der Waals surface area contributed by atoms with Crippen LogP contribution in [0, 0.1) is 11.6 Å². The Balaban J connectivity index is 1.39. The van der Waals surface area contributed by atoms with Gasteiger partial charge in [-0.15, -0.1) is 0 Å². The molecule has 2 heterocycles. The Morgan fingerprint density at radius 2 is 1.55 bits per heavy atom. The predicted octanol–water partition coefficient (Wildman–Crippen LogP) is 6.36. The van der Waals surface area contributed by atoms with Crippen LogP contribution >= 0.6 is 0 Å². The van der Waals surface area contributed by atoms with Gasteiger partial charge in [-0.25, -0.2) is 13.8 Å². The molecular formula is C25H20F2N2O2. The molecule has 0 N–H and O–H groups in total. The average Bonchev–Trinajstić information content (AvgIpc) is 3.07. The molecule has 0 aliphatic carbocycles. The van der Waals surface area contributed by atoms with Gasteiger partial charge in [-0.3, -0.25) is 0 Å². The highest BCUT2D eigenvalue weighted by atomic mass is 19.1.